The van der Waals surface area contributed by atoms with E-state index in [0.717, 1.165) is 16.9 Å². The van der Waals surface area contributed by atoms with Gasteiger partial charge in [-0.25, -0.2) is 0 Å². The lowest BCUT2D eigenvalue weighted by Gasteiger charge is -2.26. The van der Waals surface area contributed by atoms with E-state index in [2.05, 4.69) is 4.98 Å². The number of benzene rings is 1. The SMILES string of the molecule is COc1cccc(C(C)(N)c2cncc(OC)c2)c1. The third kappa shape index (κ3) is 2.69. The first-order chi connectivity index (χ1) is 9.07. The van der Waals surface area contributed by atoms with Crippen LogP contribution in [0.2, 0.25) is 0 Å². The second-order valence-electron chi connectivity index (χ2n) is 4.55. The van der Waals surface area contributed by atoms with Crippen LogP contribution in [0, 0.1) is 0 Å². The van der Waals surface area contributed by atoms with Gasteiger partial charge in [0, 0.05) is 6.20 Å². The number of rotatable bonds is 4. The number of ether oxygens (including phenoxy) is 2. The van der Waals surface area contributed by atoms with Crippen molar-refractivity contribution in [1.82, 2.24) is 4.98 Å². The number of aromatic nitrogens is 1. The molecule has 1 unspecified atom stereocenters. The lowest BCUT2D eigenvalue weighted by Crippen LogP contribution is -2.34. The van der Waals surface area contributed by atoms with Crippen molar-refractivity contribution in [3.63, 3.8) is 0 Å². The zero-order valence-electron chi connectivity index (χ0n) is 11.4. The van der Waals surface area contributed by atoms with E-state index in [9.17, 15) is 0 Å². The Morgan fingerprint density at radius 3 is 2.37 bits per heavy atom. The summed E-state index contributed by atoms with van der Waals surface area (Å²) in [5.74, 6) is 1.47. The molecule has 0 aliphatic carbocycles. The van der Waals surface area contributed by atoms with Gasteiger partial charge in [0.15, 0.2) is 0 Å². The van der Waals surface area contributed by atoms with Crippen LogP contribution in [0.15, 0.2) is 42.7 Å². The number of pyridine rings is 1. The summed E-state index contributed by atoms with van der Waals surface area (Å²) < 4.78 is 10.4. The van der Waals surface area contributed by atoms with E-state index < -0.39 is 5.54 Å². The number of nitrogens with two attached hydrogens (primary N) is 1. The molecule has 1 atom stereocenters. The molecule has 0 saturated carbocycles. The van der Waals surface area contributed by atoms with E-state index in [1.165, 1.54) is 0 Å². The highest BCUT2D eigenvalue weighted by atomic mass is 16.5. The molecule has 0 radical (unpaired) electrons. The molecule has 4 nitrogen and oxygen atoms in total. The largest absolute Gasteiger partial charge is 0.497 e. The molecule has 2 rings (SSSR count). The van der Waals surface area contributed by atoms with Gasteiger partial charge in [-0.3, -0.25) is 4.98 Å². The molecule has 0 aliphatic rings. The van der Waals surface area contributed by atoms with Crippen molar-refractivity contribution in [2.45, 2.75) is 12.5 Å². The van der Waals surface area contributed by atoms with Gasteiger partial charge >= 0.3 is 0 Å². The van der Waals surface area contributed by atoms with Crippen molar-refractivity contribution in [2.75, 3.05) is 14.2 Å². The van der Waals surface area contributed by atoms with E-state index in [0.29, 0.717) is 5.75 Å². The van der Waals surface area contributed by atoms with Gasteiger partial charge in [0.1, 0.15) is 11.5 Å². The zero-order chi connectivity index (χ0) is 13.9. The fourth-order valence-electron chi connectivity index (χ4n) is 1.93. The summed E-state index contributed by atoms with van der Waals surface area (Å²) in [6, 6.07) is 9.62. The van der Waals surface area contributed by atoms with Gasteiger partial charge in [0.2, 0.25) is 0 Å². The molecule has 0 aliphatic heterocycles. The summed E-state index contributed by atoms with van der Waals surface area (Å²) >= 11 is 0. The third-order valence-electron chi connectivity index (χ3n) is 3.22. The van der Waals surface area contributed by atoms with E-state index in [1.807, 2.05) is 37.3 Å². The zero-order valence-corrected chi connectivity index (χ0v) is 11.4. The number of hydrogen-bond acceptors (Lipinski definition) is 4. The van der Waals surface area contributed by atoms with Crippen LogP contribution < -0.4 is 15.2 Å². The smallest absolute Gasteiger partial charge is 0.137 e. The van der Waals surface area contributed by atoms with Gasteiger partial charge in [0.25, 0.3) is 0 Å². The van der Waals surface area contributed by atoms with Gasteiger partial charge in [-0.1, -0.05) is 12.1 Å². The van der Waals surface area contributed by atoms with Gasteiger partial charge in [-0.05, 0) is 36.2 Å². The van der Waals surface area contributed by atoms with Crippen molar-refractivity contribution in [2.24, 2.45) is 5.73 Å². The average Bonchev–Trinajstić information content (AvgIpc) is 2.47. The van der Waals surface area contributed by atoms with E-state index in [1.54, 1.807) is 26.6 Å². The summed E-state index contributed by atoms with van der Waals surface area (Å²) in [5, 5.41) is 0. The summed E-state index contributed by atoms with van der Waals surface area (Å²) in [7, 11) is 3.25. The molecule has 100 valence electrons. The predicted molar refractivity (Wildman–Crippen MR) is 74.4 cm³/mol. The maximum Gasteiger partial charge on any atom is 0.137 e. The molecule has 2 aromatic rings. The molecule has 0 amide bonds. The Kier molecular flexibility index (Phi) is 3.71. The van der Waals surface area contributed by atoms with Crippen LogP contribution in [0.1, 0.15) is 18.1 Å². The molecule has 1 aromatic carbocycles. The van der Waals surface area contributed by atoms with Crippen molar-refractivity contribution in [1.29, 1.82) is 0 Å². The van der Waals surface area contributed by atoms with Gasteiger partial charge in [0.05, 0.1) is 26.0 Å². The minimum Gasteiger partial charge on any atom is -0.497 e. The van der Waals surface area contributed by atoms with Crippen molar-refractivity contribution < 1.29 is 9.47 Å². The predicted octanol–water partition coefficient (Wildman–Crippen LogP) is 2.32. The van der Waals surface area contributed by atoms with Crippen LogP contribution in [0.3, 0.4) is 0 Å². The Morgan fingerprint density at radius 2 is 1.68 bits per heavy atom. The Morgan fingerprint density at radius 1 is 1.00 bits per heavy atom. The summed E-state index contributed by atoms with van der Waals surface area (Å²) in [6.45, 7) is 1.94. The van der Waals surface area contributed by atoms with E-state index in [4.69, 9.17) is 15.2 Å². The minimum absolute atomic E-state index is 0.657. The van der Waals surface area contributed by atoms with E-state index >= 15 is 0 Å². The molecule has 1 aromatic heterocycles. The van der Waals surface area contributed by atoms with Crippen molar-refractivity contribution >= 4 is 0 Å². The highest BCUT2D eigenvalue weighted by Crippen LogP contribution is 2.30. The Labute approximate surface area is 113 Å². The average molecular weight is 258 g/mol. The van der Waals surface area contributed by atoms with Gasteiger partial charge < -0.3 is 15.2 Å². The first-order valence-corrected chi connectivity index (χ1v) is 6.01. The number of hydrogen-bond donors (Lipinski definition) is 1. The van der Waals surface area contributed by atoms with E-state index in [-0.39, 0.29) is 0 Å². The van der Waals surface area contributed by atoms with Crippen LogP contribution >= 0.6 is 0 Å². The topological polar surface area (TPSA) is 57.4 Å². The molecule has 0 saturated heterocycles. The third-order valence-corrected chi connectivity index (χ3v) is 3.22. The highest BCUT2D eigenvalue weighted by molar-refractivity contribution is 5.41. The molecule has 0 fully saturated rings. The van der Waals surface area contributed by atoms with Crippen molar-refractivity contribution in [3.8, 4) is 11.5 Å². The quantitative estimate of drug-likeness (QED) is 0.914. The first-order valence-electron chi connectivity index (χ1n) is 6.01. The molecule has 1 heterocycles. The van der Waals surface area contributed by atoms with Crippen LogP contribution in [0.25, 0.3) is 0 Å². The summed E-state index contributed by atoms with van der Waals surface area (Å²) in [5.41, 5.74) is 7.65. The minimum atomic E-state index is -0.657. The van der Waals surface area contributed by atoms with Crippen LogP contribution in [-0.4, -0.2) is 19.2 Å². The fourth-order valence-corrected chi connectivity index (χ4v) is 1.93. The molecule has 4 heteroatoms. The second-order valence-corrected chi connectivity index (χ2v) is 4.55. The monoisotopic (exact) mass is 258 g/mol. The van der Waals surface area contributed by atoms with Gasteiger partial charge in [-0.2, -0.15) is 0 Å². The molecule has 2 N–H and O–H groups in total. The molecule has 19 heavy (non-hydrogen) atoms. The summed E-state index contributed by atoms with van der Waals surface area (Å²) in [4.78, 5) is 4.15. The summed E-state index contributed by atoms with van der Waals surface area (Å²) in [6.07, 6.45) is 3.41. The van der Waals surface area contributed by atoms with Crippen LogP contribution in [-0.2, 0) is 5.54 Å². The Balaban J connectivity index is 2.44. The van der Waals surface area contributed by atoms with Crippen molar-refractivity contribution in [3.05, 3.63) is 53.9 Å². The standard InChI is InChI=1S/C15H18N2O2/c1-15(16,11-5-4-6-13(7-11)18-2)12-8-14(19-3)10-17-9-12/h4-10H,16H2,1-3H3. The maximum absolute atomic E-state index is 6.46. The Hall–Kier alpha value is -2.07. The Bertz CT molecular complexity index is 518. The van der Waals surface area contributed by atoms with Crippen LogP contribution in [0.5, 0.6) is 11.5 Å². The molecular weight excluding hydrogens is 240 g/mol. The molecule has 0 bridgehead atoms. The van der Waals surface area contributed by atoms with Crippen LogP contribution in [0.4, 0.5) is 0 Å². The lowest BCUT2D eigenvalue weighted by molar-refractivity contribution is 0.409. The second kappa shape index (κ2) is 5.28. The molecular formula is C15H18N2O2. The normalized spacial score (nSPS) is 13.7. The highest BCUT2D eigenvalue weighted by Gasteiger charge is 2.25. The number of methoxy groups -OCH3 is 2. The van der Waals surface area contributed by atoms with Gasteiger partial charge in [-0.15, -0.1) is 0 Å². The lowest BCUT2D eigenvalue weighted by atomic mass is 9.86. The number of nitrogens with zero attached hydrogens (tertiary/aromatic N) is 1. The first kappa shape index (κ1) is 13.4. The fraction of sp³-hybridized carbons (Fsp3) is 0.267. The molecule has 0 spiro atoms. The maximum atomic E-state index is 6.46.